The van der Waals surface area contributed by atoms with Gasteiger partial charge in [0, 0.05) is 27.6 Å². The molecule has 0 radical (unpaired) electrons. The summed E-state index contributed by atoms with van der Waals surface area (Å²) in [6, 6.07) is 17.6. The number of phenolic OH excluding ortho intramolecular Hbond substituents is 2. The highest BCUT2D eigenvalue weighted by atomic mass is 16.5. The summed E-state index contributed by atoms with van der Waals surface area (Å²) in [5.41, 5.74) is 0. The van der Waals surface area contributed by atoms with Gasteiger partial charge in [-0.3, -0.25) is 0 Å². The van der Waals surface area contributed by atoms with Gasteiger partial charge in [0.15, 0.2) is 11.5 Å². The molecule has 0 heterocycles. The molecule has 2 N–H and O–H groups in total. The zero-order valence-electron chi connectivity index (χ0n) is 14.9. The van der Waals surface area contributed by atoms with Crippen molar-refractivity contribution in [2.45, 2.75) is 0 Å². The number of benzene rings is 4. The van der Waals surface area contributed by atoms with Crippen LogP contribution in [0.15, 0.2) is 60.7 Å². The second-order valence-corrected chi connectivity index (χ2v) is 6.07. The van der Waals surface area contributed by atoms with E-state index in [2.05, 4.69) is 0 Å². The monoisotopic (exact) mass is 362 g/mol. The first kappa shape index (κ1) is 16.8. The summed E-state index contributed by atoms with van der Waals surface area (Å²) in [5.74, 6) is 2.15. The molecule has 0 bridgehead atoms. The van der Waals surface area contributed by atoms with Crippen molar-refractivity contribution in [3.05, 3.63) is 60.7 Å². The van der Waals surface area contributed by atoms with Gasteiger partial charge in [0.05, 0.1) is 14.2 Å². The number of methoxy groups -OCH3 is 2. The molecule has 0 saturated carbocycles. The number of fused-ring (bicyclic) bond motifs is 2. The van der Waals surface area contributed by atoms with Crippen LogP contribution in [-0.4, -0.2) is 24.4 Å². The normalized spacial score (nSPS) is 10.9. The van der Waals surface area contributed by atoms with Crippen LogP contribution in [0.4, 0.5) is 0 Å². The lowest BCUT2D eigenvalue weighted by Crippen LogP contribution is -1.91. The molecule has 4 rings (SSSR count). The molecule has 0 spiro atoms. The van der Waals surface area contributed by atoms with Gasteiger partial charge in [-0.15, -0.1) is 0 Å². The van der Waals surface area contributed by atoms with E-state index < -0.39 is 0 Å². The maximum Gasteiger partial charge on any atom is 0.173 e. The number of hydrogen-bond acceptors (Lipinski definition) is 5. The highest BCUT2D eigenvalue weighted by molar-refractivity contribution is 5.96. The number of hydrogen-bond donors (Lipinski definition) is 2. The first-order valence-electron chi connectivity index (χ1n) is 8.38. The number of phenols is 2. The fourth-order valence-electron chi connectivity index (χ4n) is 3.20. The van der Waals surface area contributed by atoms with E-state index in [-0.39, 0.29) is 17.2 Å². The molecule has 0 aromatic heterocycles. The summed E-state index contributed by atoms with van der Waals surface area (Å²) in [4.78, 5) is 0. The summed E-state index contributed by atoms with van der Waals surface area (Å²) in [7, 11) is 3.15. The molecule has 0 aliphatic carbocycles. The highest BCUT2D eigenvalue weighted by Crippen LogP contribution is 2.43. The average Bonchev–Trinajstić information content (AvgIpc) is 2.71. The van der Waals surface area contributed by atoms with Crippen molar-refractivity contribution in [2.24, 2.45) is 0 Å². The molecule has 0 amide bonds. The first-order chi connectivity index (χ1) is 13.1. The van der Waals surface area contributed by atoms with Crippen molar-refractivity contribution < 1.29 is 24.4 Å². The third-order valence-corrected chi connectivity index (χ3v) is 4.54. The molecule has 0 atom stereocenters. The molecule has 0 unspecified atom stereocenters. The van der Waals surface area contributed by atoms with Crippen molar-refractivity contribution in [1.29, 1.82) is 0 Å². The number of ether oxygens (including phenoxy) is 3. The Hall–Kier alpha value is -3.60. The maximum absolute atomic E-state index is 10.6. The minimum atomic E-state index is 0.0290. The number of rotatable bonds is 4. The molecule has 4 aromatic rings. The Kier molecular flexibility index (Phi) is 4.12. The van der Waals surface area contributed by atoms with Crippen molar-refractivity contribution in [1.82, 2.24) is 0 Å². The molecular formula is C22H18O5. The smallest absolute Gasteiger partial charge is 0.173 e. The Balaban J connectivity index is 1.83. The maximum atomic E-state index is 10.6. The van der Waals surface area contributed by atoms with Crippen LogP contribution in [0, 0.1) is 0 Å². The minimum Gasteiger partial charge on any atom is -0.507 e. The van der Waals surface area contributed by atoms with Crippen LogP contribution in [0.1, 0.15) is 0 Å². The van der Waals surface area contributed by atoms with Gasteiger partial charge in [-0.05, 0) is 30.3 Å². The van der Waals surface area contributed by atoms with E-state index in [4.69, 9.17) is 14.2 Å². The molecule has 4 aromatic carbocycles. The zero-order valence-corrected chi connectivity index (χ0v) is 14.9. The van der Waals surface area contributed by atoms with Crippen LogP contribution < -0.4 is 14.2 Å². The lowest BCUT2D eigenvalue weighted by molar-refractivity contribution is 0.398. The zero-order chi connectivity index (χ0) is 19.0. The highest BCUT2D eigenvalue weighted by Gasteiger charge is 2.14. The topological polar surface area (TPSA) is 68.2 Å². The molecule has 5 heteroatoms. The summed E-state index contributed by atoms with van der Waals surface area (Å²) in [6.45, 7) is 0. The van der Waals surface area contributed by atoms with Gasteiger partial charge in [-0.1, -0.05) is 24.3 Å². The quantitative estimate of drug-likeness (QED) is 0.521. The standard InChI is InChI=1S/C22H18O5/c1-25-19-10-9-18(23)17-11-13(7-8-15(17)19)27-21-12-20(26-2)14-5-3-4-6-16(14)22(21)24/h3-12,23-24H,1-2H3. The molecule has 0 aliphatic rings. The predicted octanol–water partition coefficient (Wildman–Crippen LogP) is 5.21. The molecule has 0 fully saturated rings. The summed E-state index contributed by atoms with van der Waals surface area (Å²) < 4.78 is 16.7. The van der Waals surface area contributed by atoms with Gasteiger partial charge in [0.25, 0.3) is 0 Å². The second kappa shape index (κ2) is 6.61. The van der Waals surface area contributed by atoms with Crippen LogP contribution in [0.25, 0.3) is 21.5 Å². The van der Waals surface area contributed by atoms with Crippen LogP contribution in [0.2, 0.25) is 0 Å². The Bertz CT molecular complexity index is 1150. The molecule has 0 saturated heterocycles. The fourth-order valence-corrected chi connectivity index (χ4v) is 3.20. The van der Waals surface area contributed by atoms with Crippen molar-refractivity contribution in [3.8, 4) is 34.5 Å². The number of aromatic hydroxyl groups is 2. The van der Waals surface area contributed by atoms with E-state index in [1.165, 1.54) is 0 Å². The van der Waals surface area contributed by atoms with Crippen LogP contribution in [0.5, 0.6) is 34.5 Å². The Labute approximate surface area is 156 Å². The molecular weight excluding hydrogens is 344 g/mol. The van der Waals surface area contributed by atoms with Crippen molar-refractivity contribution in [3.63, 3.8) is 0 Å². The van der Waals surface area contributed by atoms with Crippen molar-refractivity contribution in [2.75, 3.05) is 14.2 Å². The van der Waals surface area contributed by atoms with Crippen LogP contribution in [0.3, 0.4) is 0 Å². The van der Waals surface area contributed by atoms with Gasteiger partial charge in [-0.25, -0.2) is 0 Å². The molecule has 5 nitrogen and oxygen atoms in total. The van der Waals surface area contributed by atoms with E-state index in [9.17, 15) is 10.2 Å². The van der Waals surface area contributed by atoms with Gasteiger partial charge in [0.1, 0.15) is 23.0 Å². The predicted molar refractivity (Wildman–Crippen MR) is 104 cm³/mol. The largest absolute Gasteiger partial charge is 0.507 e. The molecule has 27 heavy (non-hydrogen) atoms. The summed E-state index contributed by atoms with van der Waals surface area (Å²) in [6.07, 6.45) is 0. The van der Waals surface area contributed by atoms with Gasteiger partial charge in [-0.2, -0.15) is 0 Å². The van der Waals surface area contributed by atoms with Crippen LogP contribution in [-0.2, 0) is 0 Å². The van der Waals surface area contributed by atoms with Crippen LogP contribution >= 0.6 is 0 Å². The van der Waals surface area contributed by atoms with Gasteiger partial charge >= 0.3 is 0 Å². The van der Waals surface area contributed by atoms with E-state index in [0.29, 0.717) is 28.0 Å². The summed E-state index contributed by atoms with van der Waals surface area (Å²) >= 11 is 0. The molecule has 0 aliphatic heterocycles. The summed E-state index contributed by atoms with van der Waals surface area (Å²) in [5, 5.41) is 23.6. The van der Waals surface area contributed by atoms with E-state index in [1.807, 2.05) is 18.2 Å². The van der Waals surface area contributed by atoms with Gasteiger partial charge < -0.3 is 24.4 Å². The Morgan fingerprint density at radius 1 is 0.630 bits per heavy atom. The SMILES string of the molecule is COc1ccc(O)c2cc(Oc3cc(OC)c4ccccc4c3O)ccc12. The third kappa shape index (κ3) is 2.83. The van der Waals surface area contributed by atoms with Crippen molar-refractivity contribution >= 4 is 21.5 Å². The lowest BCUT2D eigenvalue weighted by Gasteiger charge is -2.14. The van der Waals surface area contributed by atoms with E-state index in [0.717, 1.165) is 10.8 Å². The first-order valence-corrected chi connectivity index (χ1v) is 8.38. The third-order valence-electron chi connectivity index (χ3n) is 4.54. The minimum absolute atomic E-state index is 0.0290. The Morgan fingerprint density at radius 2 is 1.33 bits per heavy atom. The second-order valence-electron chi connectivity index (χ2n) is 6.07. The molecule has 136 valence electrons. The lowest BCUT2D eigenvalue weighted by atomic mass is 10.1. The Morgan fingerprint density at radius 3 is 2.07 bits per heavy atom. The average molecular weight is 362 g/mol. The van der Waals surface area contributed by atoms with E-state index >= 15 is 0 Å². The fraction of sp³-hybridized carbons (Fsp3) is 0.0909. The van der Waals surface area contributed by atoms with Gasteiger partial charge in [0.2, 0.25) is 0 Å². The van der Waals surface area contributed by atoms with E-state index in [1.54, 1.807) is 56.7 Å².